The van der Waals surface area contributed by atoms with E-state index in [1.807, 2.05) is 14.1 Å². The van der Waals surface area contributed by atoms with Gasteiger partial charge in [0, 0.05) is 26.6 Å². The molecule has 1 N–H and O–H groups in total. The third-order valence-electron chi connectivity index (χ3n) is 3.01. The average Bonchev–Trinajstić information content (AvgIpc) is 2.30. The van der Waals surface area contributed by atoms with E-state index in [1.165, 1.54) is 16.7 Å². The lowest BCUT2D eigenvalue weighted by Gasteiger charge is -2.17. The van der Waals surface area contributed by atoms with Crippen molar-refractivity contribution in [3.8, 4) is 0 Å². The number of benzene rings is 1. The molecule has 1 aromatic rings. The Morgan fingerprint density at radius 2 is 2.00 bits per heavy atom. The smallest absolute Gasteiger partial charge is 0.223 e. The molecular weight excluding hydrogens is 212 g/mol. The normalized spacial score (nSPS) is 10.4. The summed E-state index contributed by atoms with van der Waals surface area (Å²) in [5, 5.41) is 2.99. The van der Waals surface area contributed by atoms with Crippen molar-refractivity contribution in [1.82, 2.24) is 10.2 Å². The fourth-order valence-corrected chi connectivity index (χ4v) is 1.69. The van der Waals surface area contributed by atoms with Gasteiger partial charge >= 0.3 is 0 Å². The van der Waals surface area contributed by atoms with Crippen molar-refractivity contribution >= 4 is 5.91 Å². The van der Waals surface area contributed by atoms with Crippen LogP contribution in [-0.2, 0) is 11.3 Å². The van der Waals surface area contributed by atoms with Crippen molar-refractivity contribution in [2.45, 2.75) is 26.8 Å². The SMILES string of the molecule is CNCCC(=O)N(C)Cc1ccc(C)c(C)c1. The second-order valence-corrected chi connectivity index (χ2v) is 4.52. The highest BCUT2D eigenvalue weighted by Crippen LogP contribution is 2.11. The van der Waals surface area contributed by atoms with Crippen molar-refractivity contribution < 1.29 is 4.79 Å². The molecule has 0 unspecified atom stereocenters. The molecule has 0 heterocycles. The van der Waals surface area contributed by atoms with Crippen LogP contribution in [0.25, 0.3) is 0 Å². The lowest BCUT2D eigenvalue weighted by molar-refractivity contribution is -0.130. The summed E-state index contributed by atoms with van der Waals surface area (Å²) in [6.45, 7) is 5.61. The number of amides is 1. The van der Waals surface area contributed by atoms with Crippen LogP contribution in [0.15, 0.2) is 18.2 Å². The van der Waals surface area contributed by atoms with E-state index in [-0.39, 0.29) is 5.91 Å². The largest absolute Gasteiger partial charge is 0.341 e. The molecule has 0 aliphatic rings. The molecule has 94 valence electrons. The number of aryl methyl sites for hydroxylation is 2. The average molecular weight is 234 g/mol. The van der Waals surface area contributed by atoms with Gasteiger partial charge in [-0.3, -0.25) is 4.79 Å². The number of nitrogens with one attached hydrogen (secondary N) is 1. The number of rotatable bonds is 5. The van der Waals surface area contributed by atoms with Crippen LogP contribution < -0.4 is 5.32 Å². The van der Waals surface area contributed by atoms with Crippen molar-refractivity contribution in [3.05, 3.63) is 34.9 Å². The van der Waals surface area contributed by atoms with Gasteiger partial charge in [-0.25, -0.2) is 0 Å². The highest BCUT2D eigenvalue weighted by atomic mass is 16.2. The molecule has 0 bridgehead atoms. The predicted octanol–water partition coefficient (Wildman–Crippen LogP) is 1.87. The predicted molar refractivity (Wildman–Crippen MR) is 70.9 cm³/mol. The lowest BCUT2D eigenvalue weighted by atomic mass is 10.1. The maximum atomic E-state index is 11.7. The van der Waals surface area contributed by atoms with Crippen molar-refractivity contribution in [2.75, 3.05) is 20.6 Å². The van der Waals surface area contributed by atoms with E-state index in [2.05, 4.69) is 37.4 Å². The van der Waals surface area contributed by atoms with Crippen molar-refractivity contribution in [1.29, 1.82) is 0 Å². The van der Waals surface area contributed by atoms with Crippen LogP contribution >= 0.6 is 0 Å². The standard InChI is InChI=1S/C14H22N2O/c1-11-5-6-13(9-12(11)2)10-16(4)14(17)7-8-15-3/h5-6,9,15H,7-8,10H2,1-4H3. The summed E-state index contributed by atoms with van der Waals surface area (Å²) < 4.78 is 0. The highest BCUT2D eigenvalue weighted by molar-refractivity contribution is 5.76. The minimum Gasteiger partial charge on any atom is -0.341 e. The first-order valence-corrected chi connectivity index (χ1v) is 5.99. The van der Waals surface area contributed by atoms with Crippen LogP contribution in [0.2, 0.25) is 0 Å². The third-order valence-corrected chi connectivity index (χ3v) is 3.01. The maximum Gasteiger partial charge on any atom is 0.223 e. The molecule has 0 saturated carbocycles. The number of hydrogen-bond acceptors (Lipinski definition) is 2. The molecule has 1 rings (SSSR count). The Labute approximate surface area is 104 Å². The van der Waals surface area contributed by atoms with Gasteiger partial charge in [-0.2, -0.15) is 0 Å². The first-order chi connectivity index (χ1) is 8.04. The molecule has 17 heavy (non-hydrogen) atoms. The Morgan fingerprint density at radius 1 is 1.29 bits per heavy atom. The van der Waals surface area contributed by atoms with Gasteiger partial charge in [0.25, 0.3) is 0 Å². The molecule has 0 fully saturated rings. The van der Waals surface area contributed by atoms with Crippen LogP contribution in [0.1, 0.15) is 23.1 Å². The zero-order chi connectivity index (χ0) is 12.8. The summed E-state index contributed by atoms with van der Waals surface area (Å²) in [7, 11) is 3.71. The van der Waals surface area contributed by atoms with Crippen LogP contribution in [0, 0.1) is 13.8 Å². The van der Waals surface area contributed by atoms with Crippen molar-refractivity contribution in [3.63, 3.8) is 0 Å². The minimum atomic E-state index is 0.178. The summed E-state index contributed by atoms with van der Waals surface area (Å²) in [5.74, 6) is 0.178. The molecule has 3 nitrogen and oxygen atoms in total. The number of nitrogens with zero attached hydrogens (tertiary/aromatic N) is 1. The van der Waals surface area contributed by atoms with Gasteiger partial charge < -0.3 is 10.2 Å². The quantitative estimate of drug-likeness (QED) is 0.843. The van der Waals surface area contributed by atoms with Crippen LogP contribution in [0.5, 0.6) is 0 Å². The van der Waals surface area contributed by atoms with Gasteiger partial charge in [-0.15, -0.1) is 0 Å². The lowest BCUT2D eigenvalue weighted by Crippen LogP contribution is -2.28. The van der Waals surface area contributed by atoms with E-state index in [1.54, 1.807) is 4.90 Å². The van der Waals surface area contributed by atoms with E-state index >= 15 is 0 Å². The van der Waals surface area contributed by atoms with Gasteiger partial charge in [-0.05, 0) is 37.6 Å². The maximum absolute atomic E-state index is 11.7. The van der Waals surface area contributed by atoms with Gasteiger partial charge in [0.1, 0.15) is 0 Å². The molecule has 0 atom stereocenters. The zero-order valence-electron chi connectivity index (χ0n) is 11.2. The van der Waals surface area contributed by atoms with Crippen molar-refractivity contribution in [2.24, 2.45) is 0 Å². The Kier molecular flexibility index (Phi) is 5.16. The summed E-state index contributed by atoms with van der Waals surface area (Å²) in [4.78, 5) is 13.5. The van der Waals surface area contributed by atoms with Gasteiger partial charge in [0.05, 0.1) is 0 Å². The van der Waals surface area contributed by atoms with E-state index in [9.17, 15) is 4.79 Å². The van der Waals surface area contributed by atoms with E-state index in [4.69, 9.17) is 0 Å². The second-order valence-electron chi connectivity index (χ2n) is 4.52. The summed E-state index contributed by atoms with van der Waals surface area (Å²) >= 11 is 0. The summed E-state index contributed by atoms with van der Waals surface area (Å²) in [6, 6.07) is 6.35. The molecule has 0 saturated heterocycles. The Balaban J connectivity index is 2.58. The first-order valence-electron chi connectivity index (χ1n) is 5.99. The third kappa shape index (κ3) is 4.19. The van der Waals surface area contributed by atoms with Crippen LogP contribution in [0.3, 0.4) is 0 Å². The van der Waals surface area contributed by atoms with Gasteiger partial charge in [-0.1, -0.05) is 18.2 Å². The fourth-order valence-electron chi connectivity index (χ4n) is 1.69. The molecule has 0 spiro atoms. The van der Waals surface area contributed by atoms with Gasteiger partial charge in [0.2, 0.25) is 5.91 Å². The molecule has 0 aliphatic carbocycles. The molecular formula is C14H22N2O. The fraction of sp³-hybridized carbons (Fsp3) is 0.500. The Morgan fingerprint density at radius 3 is 2.59 bits per heavy atom. The molecule has 0 aromatic heterocycles. The van der Waals surface area contributed by atoms with Crippen LogP contribution in [0.4, 0.5) is 0 Å². The number of carbonyl (C=O) groups is 1. The van der Waals surface area contributed by atoms with Crippen LogP contribution in [-0.4, -0.2) is 31.4 Å². The number of hydrogen-bond donors (Lipinski definition) is 1. The minimum absolute atomic E-state index is 0.178. The topological polar surface area (TPSA) is 32.3 Å². The highest BCUT2D eigenvalue weighted by Gasteiger charge is 2.08. The monoisotopic (exact) mass is 234 g/mol. The van der Waals surface area contributed by atoms with E-state index in [0.29, 0.717) is 13.0 Å². The zero-order valence-corrected chi connectivity index (χ0v) is 11.2. The molecule has 1 aromatic carbocycles. The Hall–Kier alpha value is -1.35. The summed E-state index contributed by atoms with van der Waals surface area (Å²) in [5.41, 5.74) is 3.75. The molecule has 0 radical (unpaired) electrons. The van der Waals surface area contributed by atoms with Gasteiger partial charge in [0.15, 0.2) is 0 Å². The molecule has 1 amide bonds. The molecule has 3 heteroatoms. The number of carbonyl (C=O) groups excluding carboxylic acids is 1. The molecule has 0 aliphatic heterocycles. The Bertz CT molecular complexity index is 388. The van der Waals surface area contributed by atoms with E-state index < -0.39 is 0 Å². The summed E-state index contributed by atoms with van der Waals surface area (Å²) in [6.07, 6.45) is 0.553. The first kappa shape index (κ1) is 13.7. The van der Waals surface area contributed by atoms with E-state index in [0.717, 1.165) is 6.54 Å². The second kappa shape index (κ2) is 6.40.